The van der Waals surface area contributed by atoms with Crippen LogP contribution < -0.4 is 10.6 Å². The number of amides is 3. The van der Waals surface area contributed by atoms with E-state index in [-0.39, 0.29) is 24.4 Å². The predicted molar refractivity (Wildman–Crippen MR) is 157 cm³/mol. The number of esters is 1. The van der Waals surface area contributed by atoms with Crippen molar-refractivity contribution in [2.24, 2.45) is 11.8 Å². The van der Waals surface area contributed by atoms with Gasteiger partial charge in [0.1, 0.15) is 24.2 Å². The Labute approximate surface area is 240 Å². The molecule has 0 heterocycles. The molecule has 0 aliphatic carbocycles. The Morgan fingerprint density at radius 3 is 2.15 bits per heavy atom. The fraction of sp³-hybridized carbons (Fsp3) is 0.677. The molecule has 0 fully saturated rings. The van der Waals surface area contributed by atoms with Crippen LogP contribution in [0.15, 0.2) is 18.2 Å². The zero-order valence-electron chi connectivity index (χ0n) is 26.3. The minimum Gasteiger partial charge on any atom is -0.468 e. The minimum absolute atomic E-state index is 0.239. The average molecular weight is 562 g/mol. The maximum Gasteiger partial charge on any atom is 0.408 e. The lowest BCUT2D eigenvalue weighted by Gasteiger charge is -2.40. The second-order valence-corrected chi connectivity index (χ2v) is 12.1. The average Bonchev–Trinajstić information content (AvgIpc) is 2.87. The van der Waals surface area contributed by atoms with Crippen molar-refractivity contribution in [2.75, 3.05) is 13.7 Å². The number of rotatable bonds is 13. The number of alkyl carbamates (subject to hydrolysis) is 1. The molecule has 1 aromatic rings. The van der Waals surface area contributed by atoms with Gasteiger partial charge in [-0.1, -0.05) is 52.3 Å². The van der Waals surface area contributed by atoms with Crippen LogP contribution >= 0.6 is 0 Å². The Hall–Kier alpha value is -3.10. The van der Waals surface area contributed by atoms with Crippen molar-refractivity contribution >= 4 is 23.9 Å². The van der Waals surface area contributed by atoms with Crippen LogP contribution in [-0.2, 0) is 23.9 Å². The third kappa shape index (κ3) is 10.5. The van der Waals surface area contributed by atoms with Gasteiger partial charge in [0, 0.05) is 6.04 Å². The molecule has 1 rings (SSSR count). The van der Waals surface area contributed by atoms with Gasteiger partial charge in [0.05, 0.1) is 7.11 Å². The number of hydrogen-bond donors (Lipinski definition) is 2. The van der Waals surface area contributed by atoms with Crippen LogP contribution in [0.3, 0.4) is 0 Å². The summed E-state index contributed by atoms with van der Waals surface area (Å²) >= 11 is 0. The molecule has 0 saturated heterocycles. The molecule has 4 atom stereocenters. The normalized spacial score (nSPS) is 14.5. The van der Waals surface area contributed by atoms with Crippen LogP contribution in [0.1, 0.15) is 97.4 Å². The van der Waals surface area contributed by atoms with Crippen LogP contribution in [0.25, 0.3) is 0 Å². The van der Waals surface area contributed by atoms with Crippen molar-refractivity contribution in [3.05, 3.63) is 34.9 Å². The van der Waals surface area contributed by atoms with E-state index in [0.29, 0.717) is 24.3 Å². The third-order valence-electron chi connectivity index (χ3n) is 7.14. The SMILES string of the molecule is CCC(C)C(NC(=O)OC(C)(C)C)C(=O)N(C(C)CCC(C)C)C(C(=O)NCC(=O)OC)c1cccc(C)c1C. The van der Waals surface area contributed by atoms with E-state index < -0.39 is 35.7 Å². The zero-order chi connectivity index (χ0) is 30.8. The van der Waals surface area contributed by atoms with Crippen LogP contribution in [0.2, 0.25) is 0 Å². The van der Waals surface area contributed by atoms with Crippen molar-refractivity contribution in [3.8, 4) is 0 Å². The molecule has 9 heteroatoms. The zero-order valence-corrected chi connectivity index (χ0v) is 26.3. The summed E-state index contributed by atoms with van der Waals surface area (Å²) in [6.07, 6.45) is 1.40. The van der Waals surface area contributed by atoms with Crippen molar-refractivity contribution in [2.45, 2.75) is 112 Å². The lowest BCUT2D eigenvalue weighted by Crippen LogP contribution is -2.57. The second kappa shape index (κ2) is 15.6. The van der Waals surface area contributed by atoms with Crippen molar-refractivity contribution in [3.63, 3.8) is 0 Å². The van der Waals surface area contributed by atoms with Crippen LogP contribution in [0, 0.1) is 25.7 Å². The number of benzene rings is 1. The molecule has 3 amide bonds. The van der Waals surface area contributed by atoms with Gasteiger partial charge < -0.3 is 25.0 Å². The summed E-state index contributed by atoms with van der Waals surface area (Å²) in [6, 6.07) is 3.32. The van der Waals surface area contributed by atoms with E-state index in [1.807, 2.05) is 52.8 Å². The van der Waals surface area contributed by atoms with Crippen molar-refractivity contribution in [1.82, 2.24) is 15.5 Å². The van der Waals surface area contributed by atoms with Crippen LogP contribution in [-0.4, -0.2) is 60.1 Å². The van der Waals surface area contributed by atoms with Gasteiger partial charge in [-0.2, -0.15) is 0 Å². The molecule has 0 aliphatic heterocycles. The lowest BCUT2D eigenvalue weighted by molar-refractivity contribution is -0.147. The topological polar surface area (TPSA) is 114 Å². The Kier molecular flexibility index (Phi) is 13.6. The molecule has 4 unspecified atom stereocenters. The second-order valence-electron chi connectivity index (χ2n) is 12.1. The molecule has 0 aromatic heterocycles. The number of carbonyl (C=O) groups excluding carboxylic acids is 4. The Morgan fingerprint density at radius 2 is 1.62 bits per heavy atom. The number of carbonyl (C=O) groups is 4. The fourth-order valence-corrected chi connectivity index (χ4v) is 4.41. The number of ether oxygens (including phenoxy) is 2. The van der Waals surface area contributed by atoms with Gasteiger partial charge in [-0.3, -0.25) is 14.4 Å². The first-order chi connectivity index (χ1) is 18.5. The predicted octanol–water partition coefficient (Wildman–Crippen LogP) is 5.23. The largest absolute Gasteiger partial charge is 0.468 e. The van der Waals surface area contributed by atoms with E-state index in [2.05, 4.69) is 24.5 Å². The molecule has 2 N–H and O–H groups in total. The van der Waals surface area contributed by atoms with Gasteiger partial charge in [0.15, 0.2) is 0 Å². The minimum atomic E-state index is -1.04. The highest BCUT2D eigenvalue weighted by atomic mass is 16.6. The van der Waals surface area contributed by atoms with E-state index >= 15 is 0 Å². The van der Waals surface area contributed by atoms with E-state index in [0.717, 1.165) is 17.5 Å². The van der Waals surface area contributed by atoms with Crippen LogP contribution in [0.5, 0.6) is 0 Å². The summed E-state index contributed by atoms with van der Waals surface area (Å²) in [5, 5.41) is 5.46. The highest BCUT2D eigenvalue weighted by molar-refractivity contribution is 5.93. The molecule has 0 saturated carbocycles. The Balaban J connectivity index is 3.74. The molecule has 40 heavy (non-hydrogen) atoms. The van der Waals surface area contributed by atoms with E-state index in [4.69, 9.17) is 9.47 Å². The molecule has 226 valence electrons. The van der Waals surface area contributed by atoms with Gasteiger partial charge in [-0.05, 0) is 82.9 Å². The maximum atomic E-state index is 14.5. The number of hydrogen-bond acceptors (Lipinski definition) is 6. The fourth-order valence-electron chi connectivity index (χ4n) is 4.41. The van der Waals surface area contributed by atoms with Crippen LogP contribution in [0.4, 0.5) is 4.79 Å². The number of nitrogens with zero attached hydrogens (tertiary/aromatic N) is 1. The smallest absolute Gasteiger partial charge is 0.408 e. The molecule has 0 aliphatic rings. The lowest BCUT2D eigenvalue weighted by atomic mass is 9.91. The molecule has 9 nitrogen and oxygen atoms in total. The molecule has 0 spiro atoms. The highest BCUT2D eigenvalue weighted by Crippen LogP contribution is 2.31. The van der Waals surface area contributed by atoms with Crippen molar-refractivity contribution in [1.29, 1.82) is 0 Å². The third-order valence-corrected chi connectivity index (χ3v) is 7.14. The summed E-state index contributed by atoms with van der Waals surface area (Å²) < 4.78 is 10.2. The first-order valence-electron chi connectivity index (χ1n) is 14.3. The first-order valence-corrected chi connectivity index (χ1v) is 14.3. The first kappa shape index (κ1) is 34.9. The number of methoxy groups -OCH3 is 1. The Bertz CT molecular complexity index is 1020. The summed E-state index contributed by atoms with van der Waals surface area (Å²) in [5.74, 6) is -1.32. The van der Waals surface area contributed by atoms with Gasteiger partial charge >= 0.3 is 12.1 Å². The summed E-state index contributed by atoms with van der Waals surface area (Å²) in [4.78, 5) is 54.7. The number of nitrogens with one attached hydrogen (secondary N) is 2. The van der Waals surface area contributed by atoms with E-state index in [1.165, 1.54) is 7.11 Å². The standard InChI is InChI=1S/C31H51N3O6/c1-12-20(4)26(33-30(38)40-31(8,9)10)29(37)34(22(6)17-16-19(2)3)27(28(36)32-18-25(35)39-11)24-15-13-14-21(5)23(24)7/h13-15,19-20,22,26-27H,12,16-18H2,1-11H3,(H,32,36)(H,33,38). The molecular formula is C31H51N3O6. The Morgan fingerprint density at radius 1 is 1.00 bits per heavy atom. The van der Waals surface area contributed by atoms with E-state index in [9.17, 15) is 19.2 Å². The monoisotopic (exact) mass is 561 g/mol. The highest BCUT2D eigenvalue weighted by Gasteiger charge is 2.41. The summed E-state index contributed by atoms with van der Waals surface area (Å²) in [5.41, 5.74) is 1.75. The summed E-state index contributed by atoms with van der Waals surface area (Å²) in [7, 11) is 1.25. The molecule has 0 radical (unpaired) electrons. The quantitative estimate of drug-likeness (QED) is 0.319. The molecule has 1 aromatic carbocycles. The van der Waals surface area contributed by atoms with E-state index in [1.54, 1.807) is 25.7 Å². The van der Waals surface area contributed by atoms with Gasteiger partial charge in [-0.15, -0.1) is 0 Å². The summed E-state index contributed by atoms with van der Waals surface area (Å²) in [6.45, 7) is 18.8. The van der Waals surface area contributed by atoms with Crippen molar-refractivity contribution < 1.29 is 28.7 Å². The van der Waals surface area contributed by atoms with Gasteiger partial charge in [-0.25, -0.2) is 4.79 Å². The maximum absolute atomic E-state index is 14.5. The number of aryl methyl sites for hydroxylation is 1. The van der Waals surface area contributed by atoms with Gasteiger partial charge in [0.2, 0.25) is 11.8 Å². The van der Waals surface area contributed by atoms with Gasteiger partial charge in [0.25, 0.3) is 0 Å². The molecular weight excluding hydrogens is 510 g/mol. The molecule has 0 bridgehead atoms.